The van der Waals surface area contributed by atoms with Crippen molar-refractivity contribution in [2.45, 2.75) is 38.8 Å². The van der Waals surface area contributed by atoms with Gasteiger partial charge in [-0.15, -0.1) is 11.6 Å². The molecular weight excluding hydrogens is 189 g/mol. The zero-order valence-electron chi connectivity index (χ0n) is 7.12. The monoisotopic (exact) mass is 202 g/mol. The van der Waals surface area contributed by atoms with Crippen molar-refractivity contribution in [3.05, 3.63) is 0 Å². The Balaban J connectivity index is 3.67. The first-order chi connectivity index (χ1) is 5.49. The van der Waals surface area contributed by atoms with Gasteiger partial charge < -0.3 is 0 Å². The summed E-state index contributed by atoms with van der Waals surface area (Å²) >= 11 is 5.39. The van der Waals surface area contributed by atoms with E-state index in [1.165, 1.54) is 0 Å². The van der Waals surface area contributed by atoms with Crippen LogP contribution in [0.4, 0.5) is 13.2 Å². The third-order valence-electron chi connectivity index (χ3n) is 1.84. The summed E-state index contributed by atoms with van der Waals surface area (Å²) in [6, 6.07) is 0. The van der Waals surface area contributed by atoms with E-state index in [0.29, 0.717) is 25.1 Å². The maximum absolute atomic E-state index is 11.9. The molecule has 0 nitrogen and oxygen atoms in total. The van der Waals surface area contributed by atoms with E-state index in [2.05, 4.69) is 0 Å². The van der Waals surface area contributed by atoms with Crippen molar-refractivity contribution in [2.24, 2.45) is 5.92 Å². The van der Waals surface area contributed by atoms with Gasteiger partial charge in [0, 0.05) is 12.3 Å². The van der Waals surface area contributed by atoms with Crippen molar-refractivity contribution in [1.29, 1.82) is 0 Å². The molecule has 0 aromatic heterocycles. The SMILES string of the molecule is CCC(CCCCl)CC(F)(F)F. The van der Waals surface area contributed by atoms with Gasteiger partial charge in [-0.3, -0.25) is 0 Å². The summed E-state index contributed by atoms with van der Waals surface area (Å²) in [5.41, 5.74) is 0. The molecule has 0 aromatic carbocycles. The summed E-state index contributed by atoms with van der Waals surface area (Å²) in [4.78, 5) is 0. The molecule has 1 unspecified atom stereocenters. The van der Waals surface area contributed by atoms with Gasteiger partial charge in [-0.1, -0.05) is 13.3 Å². The van der Waals surface area contributed by atoms with Gasteiger partial charge in [0.25, 0.3) is 0 Å². The highest BCUT2D eigenvalue weighted by atomic mass is 35.5. The fourth-order valence-corrected chi connectivity index (χ4v) is 1.30. The van der Waals surface area contributed by atoms with Crippen molar-refractivity contribution in [3.63, 3.8) is 0 Å². The van der Waals surface area contributed by atoms with Crippen molar-refractivity contribution < 1.29 is 13.2 Å². The molecule has 0 spiro atoms. The van der Waals surface area contributed by atoms with Crippen LogP contribution in [0.2, 0.25) is 0 Å². The molecular formula is C8H14ClF3. The predicted octanol–water partition coefficient (Wildman–Crippen LogP) is 3.98. The summed E-state index contributed by atoms with van der Waals surface area (Å²) < 4.78 is 35.7. The highest BCUT2D eigenvalue weighted by Crippen LogP contribution is 2.29. The molecule has 12 heavy (non-hydrogen) atoms. The second-order valence-electron chi connectivity index (χ2n) is 2.92. The Morgan fingerprint density at radius 3 is 2.25 bits per heavy atom. The molecule has 0 amide bonds. The molecule has 0 fully saturated rings. The van der Waals surface area contributed by atoms with Gasteiger partial charge in [-0.05, 0) is 18.8 Å². The van der Waals surface area contributed by atoms with Crippen molar-refractivity contribution >= 4 is 11.6 Å². The topological polar surface area (TPSA) is 0 Å². The zero-order chi connectivity index (χ0) is 9.61. The van der Waals surface area contributed by atoms with Gasteiger partial charge in [-0.2, -0.15) is 13.2 Å². The molecule has 0 saturated carbocycles. The average Bonchev–Trinajstić information content (AvgIpc) is 1.95. The first-order valence-corrected chi connectivity index (χ1v) is 4.65. The molecule has 0 aliphatic carbocycles. The third-order valence-corrected chi connectivity index (χ3v) is 2.11. The molecule has 0 saturated heterocycles. The summed E-state index contributed by atoms with van der Waals surface area (Å²) in [5, 5.41) is 0. The van der Waals surface area contributed by atoms with E-state index in [4.69, 9.17) is 11.6 Å². The van der Waals surface area contributed by atoms with Gasteiger partial charge in [0.15, 0.2) is 0 Å². The van der Waals surface area contributed by atoms with E-state index < -0.39 is 12.6 Å². The van der Waals surface area contributed by atoms with Crippen LogP contribution in [0.15, 0.2) is 0 Å². The minimum Gasteiger partial charge on any atom is -0.171 e. The molecule has 0 aromatic rings. The van der Waals surface area contributed by atoms with E-state index >= 15 is 0 Å². The second kappa shape index (κ2) is 5.68. The molecule has 74 valence electrons. The largest absolute Gasteiger partial charge is 0.389 e. The molecule has 0 aliphatic rings. The number of halogens is 4. The minimum atomic E-state index is -4.02. The smallest absolute Gasteiger partial charge is 0.171 e. The Morgan fingerprint density at radius 2 is 1.92 bits per heavy atom. The lowest BCUT2D eigenvalue weighted by Gasteiger charge is -2.15. The van der Waals surface area contributed by atoms with Crippen LogP contribution in [0.3, 0.4) is 0 Å². The fraction of sp³-hybridized carbons (Fsp3) is 1.00. The van der Waals surface area contributed by atoms with E-state index in [-0.39, 0.29) is 5.92 Å². The van der Waals surface area contributed by atoms with E-state index in [9.17, 15) is 13.2 Å². The van der Waals surface area contributed by atoms with Crippen molar-refractivity contribution in [1.82, 2.24) is 0 Å². The van der Waals surface area contributed by atoms with Crippen molar-refractivity contribution in [2.75, 3.05) is 5.88 Å². The van der Waals surface area contributed by atoms with Gasteiger partial charge in [0.05, 0.1) is 0 Å². The van der Waals surface area contributed by atoms with Crippen LogP contribution >= 0.6 is 11.6 Å². The number of alkyl halides is 4. The Hall–Kier alpha value is 0.0800. The Kier molecular flexibility index (Phi) is 5.72. The van der Waals surface area contributed by atoms with Crippen LogP contribution in [0.5, 0.6) is 0 Å². The van der Waals surface area contributed by atoms with Crippen LogP contribution in [-0.2, 0) is 0 Å². The first-order valence-electron chi connectivity index (χ1n) is 4.12. The quantitative estimate of drug-likeness (QED) is 0.592. The van der Waals surface area contributed by atoms with Gasteiger partial charge in [0.2, 0.25) is 0 Å². The van der Waals surface area contributed by atoms with Gasteiger partial charge in [0.1, 0.15) is 0 Å². The lowest BCUT2D eigenvalue weighted by Crippen LogP contribution is -2.14. The van der Waals surface area contributed by atoms with Crippen molar-refractivity contribution in [3.8, 4) is 0 Å². The standard InChI is InChI=1S/C8H14ClF3/c1-2-7(4-3-5-9)6-8(10,11)12/h7H,2-6H2,1H3. The molecule has 0 aliphatic heterocycles. The zero-order valence-corrected chi connectivity index (χ0v) is 7.88. The van der Waals surface area contributed by atoms with Crippen LogP contribution in [0.1, 0.15) is 32.6 Å². The third kappa shape index (κ3) is 6.77. The Morgan fingerprint density at radius 1 is 1.33 bits per heavy atom. The molecule has 4 heteroatoms. The maximum atomic E-state index is 11.9. The van der Waals surface area contributed by atoms with Crippen LogP contribution in [-0.4, -0.2) is 12.1 Å². The summed E-state index contributed by atoms with van der Waals surface area (Å²) in [5.74, 6) is 0.206. The van der Waals surface area contributed by atoms with E-state index in [1.807, 2.05) is 0 Å². The number of hydrogen-bond donors (Lipinski definition) is 0. The highest BCUT2D eigenvalue weighted by molar-refractivity contribution is 6.17. The average molecular weight is 203 g/mol. The number of rotatable bonds is 5. The molecule has 0 heterocycles. The normalized spacial score (nSPS) is 14.8. The summed E-state index contributed by atoms with van der Waals surface area (Å²) in [7, 11) is 0. The van der Waals surface area contributed by atoms with Crippen LogP contribution < -0.4 is 0 Å². The molecule has 0 rings (SSSR count). The number of hydrogen-bond acceptors (Lipinski definition) is 0. The van der Waals surface area contributed by atoms with E-state index in [0.717, 1.165) is 0 Å². The Labute approximate surface area is 76.1 Å². The lowest BCUT2D eigenvalue weighted by molar-refractivity contribution is -0.145. The minimum absolute atomic E-state index is 0.247. The maximum Gasteiger partial charge on any atom is 0.389 e. The molecule has 1 atom stereocenters. The van der Waals surface area contributed by atoms with Gasteiger partial charge in [-0.25, -0.2) is 0 Å². The van der Waals surface area contributed by atoms with Gasteiger partial charge >= 0.3 is 6.18 Å². The first kappa shape index (κ1) is 12.1. The van der Waals surface area contributed by atoms with Crippen LogP contribution in [0.25, 0.3) is 0 Å². The molecule has 0 radical (unpaired) electrons. The highest BCUT2D eigenvalue weighted by Gasteiger charge is 2.30. The predicted molar refractivity (Wildman–Crippen MR) is 44.4 cm³/mol. The van der Waals surface area contributed by atoms with E-state index in [1.54, 1.807) is 6.92 Å². The summed E-state index contributed by atoms with van der Waals surface area (Å²) in [6.45, 7) is 1.78. The molecule has 0 bridgehead atoms. The summed E-state index contributed by atoms with van der Waals surface area (Å²) in [6.07, 6.45) is -2.85. The second-order valence-corrected chi connectivity index (χ2v) is 3.30. The fourth-order valence-electron chi connectivity index (χ4n) is 1.14. The molecule has 0 N–H and O–H groups in total. The van der Waals surface area contributed by atoms with Crippen LogP contribution in [0, 0.1) is 5.92 Å². The Bertz CT molecular complexity index is 111. The lowest BCUT2D eigenvalue weighted by atomic mass is 9.97.